The zero-order chi connectivity index (χ0) is 15.4. The highest BCUT2D eigenvalue weighted by Crippen LogP contribution is 2.21. The molecule has 2 heterocycles. The monoisotopic (exact) mass is 298 g/mol. The summed E-state index contributed by atoms with van der Waals surface area (Å²) >= 11 is 0. The summed E-state index contributed by atoms with van der Waals surface area (Å²) in [5.41, 5.74) is 2.65. The molecule has 1 amide bonds. The highest BCUT2D eigenvalue weighted by Gasteiger charge is 2.16. The third-order valence-corrected chi connectivity index (χ3v) is 4.09. The molecule has 1 aliphatic rings. The van der Waals surface area contributed by atoms with Gasteiger partial charge >= 0.3 is 0 Å². The maximum atomic E-state index is 12.2. The standard InChI is InChI=1S/C17H22N4O/c1-13-9-11-21(20-13)16-5-3-2-4-15(16)19-17(22)7-6-14-8-10-18-12-14/h2-5,9,11,14,18H,6-8,10,12H2,1H3,(H,19,22). The molecule has 1 saturated heterocycles. The van der Waals surface area contributed by atoms with Crippen molar-refractivity contribution in [1.82, 2.24) is 15.1 Å². The zero-order valence-corrected chi connectivity index (χ0v) is 12.9. The average Bonchev–Trinajstić information content (AvgIpc) is 3.17. The third kappa shape index (κ3) is 3.54. The van der Waals surface area contributed by atoms with E-state index in [2.05, 4.69) is 15.7 Å². The molecule has 0 saturated carbocycles. The normalized spacial score (nSPS) is 17.6. The van der Waals surface area contributed by atoms with Gasteiger partial charge in [0.05, 0.1) is 17.1 Å². The number of rotatable bonds is 5. The summed E-state index contributed by atoms with van der Waals surface area (Å²) < 4.78 is 1.80. The van der Waals surface area contributed by atoms with Crippen LogP contribution in [0, 0.1) is 12.8 Å². The fourth-order valence-corrected chi connectivity index (χ4v) is 2.84. The summed E-state index contributed by atoms with van der Waals surface area (Å²) in [4.78, 5) is 12.2. The Hall–Kier alpha value is -2.14. The predicted molar refractivity (Wildman–Crippen MR) is 87.1 cm³/mol. The Bertz CT molecular complexity index is 644. The minimum absolute atomic E-state index is 0.0724. The average molecular weight is 298 g/mol. The molecule has 0 aliphatic carbocycles. The summed E-state index contributed by atoms with van der Waals surface area (Å²) in [6.45, 7) is 4.07. The van der Waals surface area contributed by atoms with E-state index in [9.17, 15) is 4.79 Å². The second kappa shape index (κ2) is 6.75. The lowest BCUT2D eigenvalue weighted by atomic mass is 10.0. The zero-order valence-electron chi connectivity index (χ0n) is 12.9. The van der Waals surface area contributed by atoms with Crippen LogP contribution in [0.1, 0.15) is 25.0 Å². The highest BCUT2D eigenvalue weighted by atomic mass is 16.1. The molecule has 1 atom stereocenters. The van der Waals surface area contributed by atoms with Crippen LogP contribution in [0.15, 0.2) is 36.5 Å². The molecule has 5 heteroatoms. The van der Waals surface area contributed by atoms with Crippen molar-refractivity contribution in [3.05, 3.63) is 42.2 Å². The maximum absolute atomic E-state index is 12.2. The summed E-state index contributed by atoms with van der Waals surface area (Å²) in [7, 11) is 0. The van der Waals surface area contributed by atoms with E-state index in [-0.39, 0.29) is 5.91 Å². The summed E-state index contributed by atoms with van der Waals surface area (Å²) in [5, 5.41) is 10.8. The Kier molecular flexibility index (Phi) is 4.53. The van der Waals surface area contributed by atoms with Crippen molar-refractivity contribution in [3.8, 4) is 5.69 Å². The van der Waals surface area contributed by atoms with Crippen LogP contribution in [0.2, 0.25) is 0 Å². The van der Waals surface area contributed by atoms with Gasteiger partial charge in [0.1, 0.15) is 0 Å². The molecule has 0 spiro atoms. The number of nitrogens with zero attached hydrogens (tertiary/aromatic N) is 2. The van der Waals surface area contributed by atoms with Crippen molar-refractivity contribution < 1.29 is 4.79 Å². The molecular weight excluding hydrogens is 276 g/mol. The first-order valence-electron chi connectivity index (χ1n) is 7.84. The Morgan fingerprint density at radius 3 is 3.00 bits per heavy atom. The number of aryl methyl sites for hydroxylation is 1. The molecule has 1 unspecified atom stereocenters. The summed E-state index contributed by atoms with van der Waals surface area (Å²) in [6.07, 6.45) is 4.60. The second-order valence-corrected chi connectivity index (χ2v) is 5.86. The third-order valence-electron chi connectivity index (χ3n) is 4.09. The van der Waals surface area contributed by atoms with Gasteiger partial charge in [-0.05, 0) is 57.0 Å². The topological polar surface area (TPSA) is 59.0 Å². The van der Waals surface area contributed by atoms with Crippen LogP contribution in [0.25, 0.3) is 5.69 Å². The van der Waals surface area contributed by atoms with Gasteiger partial charge < -0.3 is 10.6 Å². The number of para-hydroxylation sites is 2. The molecule has 2 aromatic rings. The Labute approximate surface area is 130 Å². The fraction of sp³-hybridized carbons (Fsp3) is 0.412. The van der Waals surface area contributed by atoms with E-state index in [1.807, 2.05) is 43.5 Å². The lowest BCUT2D eigenvalue weighted by Gasteiger charge is -2.12. The lowest BCUT2D eigenvalue weighted by molar-refractivity contribution is -0.116. The fourth-order valence-electron chi connectivity index (χ4n) is 2.84. The van der Waals surface area contributed by atoms with Gasteiger partial charge in [-0.3, -0.25) is 4.79 Å². The lowest BCUT2D eigenvalue weighted by Crippen LogP contribution is -2.16. The van der Waals surface area contributed by atoms with Gasteiger partial charge in [0.15, 0.2) is 0 Å². The van der Waals surface area contributed by atoms with E-state index >= 15 is 0 Å². The van der Waals surface area contributed by atoms with E-state index < -0.39 is 0 Å². The molecule has 0 radical (unpaired) electrons. The van der Waals surface area contributed by atoms with E-state index in [1.54, 1.807) is 4.68 Å². The number of amides is 1. The van der Waals surface area contributed by atoms with Crippen molar-refractivity contribution in [2.24, 2.45) is 5.92 Å². The van der Waals surface area contributed by atoms with Gasteiger partial charge in [0.2, 0.25) is 5.91 Å². The van der Waals surface area contributed by atoms with Crippen LogP contribution < -0.4 is 10.6 Å². The first-order valence-corrected chi connectivity index (χ1v) is 7.84. The van der Waals surface area contributed by atoms with Crippen molar-refractivity contribution in [3.63, 3.8) is 0 Å². The molecule has 0 bridgehead atoms. The molecule has 2 N–H and O–H groups in total. The van der Waals surface area contributed by atoms with Crippen molar-refractivity contribution in [2.45, 2.75) is 26.2 Å². The molecule has 1 fully saturated rings. The molecular formula is C17H22N4O. The number of hydrogen-bond acceptors (Lipinski definition) is 3. The van der Waals surface area contributed by atoms with E-state index in [1.165, 1.54) is 6.42 Å². The van der Waals surface area contributed by atoms with Crippen LogP contribution in [-0.4, -0.2) is 28.8 Å². The Balaban J connectivity index is 1.65. The quantitative estimate of drug-likeness (QED) is 0.891. The molecule has 1 aromatic carbocycles. The van der Waals surface area contributed by atoms with E-state index in [0.717, 1.165) is 36.6 Å². The van der Waals surface area contributed by atoms with Crippen LogP contribution in [0.4, 0.5) is 5.69 Å². The van der Waals surface area contributed by atoms with E-state index in [0.29, 0.717) is 12.3 Å². The first-order chi connectivity index (χ1) is 10.7. The van der Waals surface area contributed by atoms with Crippen molar-refractivity contribution in [1.29, 1.82) is 0 Å². The van der Waals surface area contributed by atoms with Crippen molar-refractivity contribution >= 4 is 11.6 Å². The van der Waals surface area contributed by atoms with Gasteiger partial charge in [-0.1, -0.05) is 12.1 Å². The summed E-state index contributed by atoms with van der Waals surface area (Å²) in [5.74, 6) is 0.706. The van der Waals surface area contributed by atoms with E-state index in [4.69, 9.17) is 0 Å². The number of carbonyl (C=O) groups excluding carboxylic acids is 1. The number of benzene rings is 1. The van der Waals surface area contributed by atoms with Gasteiger partial charge in [-0.25, -0.2) is 4.68 Å². The number of anilines is 1. The molecule has 1 aliphatic heterocycles. The van der Waals surface area contributed by atoms with Gasteiger partial charge in [-0.15, -0.1) is 0 Å². The SMILES string of the molecule is Cc1ccn(-c2ccccc2NC(=O)CCC2CCNC2)n1. The molecule has 116 valence electrons. The van der Waals surface area contributed by atoms with Crippen LogP contribution in [0.3, 0.4) is 0 Å². The molecule has 22 heavy (non-hydrogen) atoms. The highest BCUT2D eigenvalue weighted by molar-refractivity contribution is 5.92. The molecule has 5 nitrogen and oxygen atoms in total. The van der Waals surface area contributed by atoms with Crippen LogP contribution in [0.5, 0.6) is 0 Å². The molecule has 1 aromatic heterocycles. The number of carbonyl (C=O) groups is 1. The maximum Gasteiger partial charge on any atom is 0.224 e. The minimum atomic E-state index is 0.0724. The Morgan fingerprint density at radius 1 is 1.41 bits per heavy atom. The van der Waals surface area contributed by atoms with Gasteiger partial charge in [0.25, 0.3) is 0 Å². The minimum Gasteiger partial charge on any atom is -0.324 e. The largest absolute Gasteiger partial charge is 0.324 e. The summed E-state index contributed by atoms with van der Waals surface area (Å²) in [6, 6.07) is 9.71. The Morgan fingerprint density at radius 2 is 2.27 bits per heavy atom. The number of hydrogen-bond donors (Lipinski definition) is 2. The van der Waals surface area contributed by atoms with Crippen LogP contribution >= 0.6 is 0 Å². The first kappa shape index (κ1) is 14.8. The van der Waals surface area contributed by atoms with Gasteiger partial charge in [-0.2, -0.15) is 5.10 Å². The number of aromatic nitrogens is 2. The predicted octanol–water partition coefficient (Wildman–Crippen LogP) is 2.51. The number of nitrogens with one attached hydrogen (secondary N) is 2. The second-order valence-electron chi connectivity index (χ2n) is 5.86. The smallest absolute Gasteiger partial charge is 0.224 e. The van der Waals surface area contributed by atoms with Gasteiger partial charge in [0, 0.05) is 12.6 Å². The molecule has 3 rings (SSSR count). The van der Waals surface area contributed by atoms with Crippen LogP contribution in [-0.2, 0) is 4.79 Å². The van der Waals surface area contributed by atoms with Crippen molar-refractivity contribution in [2.75, 3.05) is 18.4 Å².